The molecule has 0 fully saturated rings. The third kappa shape index (κ3) is 2.19. The number of hydrogen-bond donors (Lipinski definition) is 0. The molecule has 1 heterocycles. The van der Waals surface area contributed by atoms with Crippen molar-refractivity contribution in [1.29, 1.82) is 0 Å². The summed E-state index contributed by atoms with van der Waals surface area (Å²) in [5.41, 5.74) is 0. The minimum atomic E-state index is -0.929. The van der Waals surface area contributed by atoms with Gasteiger partial charge in [-0.25, -0.2) is 0 Å². The van der Waals surface area contributed by atoms with Crippen LogP contribution in [0.1, 0.15) is 19.1 Å². The molecule has 0 saturated heterocycles. The average Bonchev–Trinajstić information content (AvgIpc) is 2.36. The molecule has 0 aromatic carbocycles. The Labute approximate surface area is 69.1 Å². The molecule has 3 heteroatoms. The quantitative estimate of drug-likeness (QED) is 0.699. The van der Waals surface area contributed by atoms with Gasteiger partial charge in [0.2, 0.25) is 0 Å². The predicted octanol–water partition coefficient (Wildman–Crippen LogP) is 2.11. The summed E-state index contributed by atoms with van der Waals surface area (Å²) < 4.78 is 16.5. The van der Waals surface area contributed by atoms with Crippen molar-refractivity contribution in [2.45, 2.75) is 25.4 Å². The van der Waals surface area contributed by atoms with Crippen LogP contribution in [0, 0.1) is 6.92 Å². The smallest absolute Gasteiger partial charge is 0.190 e. The number of aryl methyl sites for hydroxylation is 1. The minimum Gasteiger partial charge on any atom is -0.453 e. The Morgan fingerprint density at radius 2 is 2.27 bits per heavy atom. The van der Waals surface area contributed by atoms with E-state index in [0.717, 1.165) is 12.2 Å². The van der Waals surface area contributed by atoms with Gasteiger partial charge in [0.15, 0.2) is 5.09 Å². The lowest BCUT2D eigenvalue weighted by molar-refractivity contribution is 0.441. The highest BCUT2D eigenvalue weighted by Crippen LogP contribution is 2.11. The monoisotopic (exact) mass is 172 g/mol. The second-order valence-corrected chi connectivity index (χ2v) is 3.92. The second kappa shape index (κ2) is 3.72. The Bertz CT molecular complexity index is 252. The van der Waals surface area contributed by atoms with Gasteiger partial charge in [-0.15, -0.1) is 0 Å². The summed E-state index contributed by atoms with van der Waals surface area (Å²) in [7, 11) is -0.929. The first kappa shape index (κ1) is 8.53. The van der Waals surface area contributed by atoms with Crippen LogP contribution in [0.25, 0.3) is 0 Å². The molecule has 1 rings (SSSR count). The van der Waals surface area contributed by atoms with E-state index in [1.54, 1.807) is 6.07 Å². The van der Waals surface area contributed by atoms with Crippen molar-refractivity contribution in [2.75, 3.05) is 5.75 Å². The van der Waals surface area contributed by atoms with Crippen LogP contribution in [-0.2, 0) is 10.8 Å². The maximum atomic E-state index is 11.3. The van der Waals surface area contributed by atoms with Crippen LogP contribution in [0.4, 0.5) is 0 Å². The Kier molecular flexibility index (Phi) is 2.88. The zero-order chi connectivity index (χ0) is 8.27. The van der Waals surface area contributed by atoms with Crippen LogP contribution in [-0.4, -0.2) is 9.96 Å². The van der Waals surface area contributed by atoms with E-state index in [1.807, 2.05) is 19.9 Å². The van der Waals surface area contributed by atoms with E-state index < -0.39 is 10.8 Å². The third-order valence-corrected chi connectivity index (χ3v) is 2.78. The van der Waals surface area contributed by atoms with Gasteiger partial charge in [0.05, 0.1) is 10.8 Å². The summed E-state index contributed by atoms with van der Waals surface area (Å²) in [5, 5.41) is 0.601. The van der Waals surface area contributed by atoms with Crippen LogP contribution in [0.2, 0.25) is 0 Å². The standard InChI is InChI=1S/C8H12O2S/c1-3-6-11(9)8-5-4-7(2)10-8/h4-5H,3,6H2,1-2H3. The van der Waals surface area contributed by atoms with E-state index >= 15 is 0 Å². The van der Waals surface area contributed by atoms with Crippen molar-refractivity contribution in [3.05, 3.63) is 17.9 Å². The van der Waals surface area contributed by atoms with Crippen LogP contribution >= 0.6 is 0 Å². The van der Waals surface area contributed by atoms with Gasteiger partial charge < -0.3 is 4.42 Å². The number of hydrogen-bond acceptors (Lipinski definition) is 2. The second-order valence-electron chi connectivity index (χ2n) is 2.41. The highest BCUT2D eigenvalue weighted by molar-refractivity contribution is 7.84. The molecule has 0 aliphatic carbocycles. The molecule has 0 spiro atoms. The van der Waals surface area contributed by atoms with Crippen molar-refractivity contribution in [1.82, 2.24) is 0 Å². The van der Waals surface area contributed by atoms with Crippen molar-refractivity contribution in [3.8, 4) is 0 Å². The first-order valence-electron chi connectivity index (χ1n) is 3.69. The van der Waals surface area contributed by atoms with Gasteiger partial charge in [0.1, 0.15) is 5.76 Å². The zero-order valence-corrected chi connectivity index (χ0v) is 7.61. The van der Waals surface area contributed by atoms with E-state index in [-0.39, 0.29) is 0 Å². The maximum absolute atomic E-state index is 11.3. The third-order valence-electron chi connectivity index (χ3n) is 1.33. The largest absolute Gasteiger partial charge is 0.453 e. The lowest BCUT2D eigenvalue weighted by Crippen LogP contribution is -1.93. The van der Waals surface area contributed by atoms with Gasteiger partial charge in [0.25, 0.3) is 0 Å². The number of furan rings is 1. The summed E-state index contributed by atoms with van der Waals surface area (Å²) in [6.07, 6.45) is 0.923. The molecule has 0 aliphatic heterocycles. The Morgan fingerprint density at radius 3 is 2.73 bits per heavy atom. The molecular formula is C8H12O2S. The minimum absolute atomic E-state index is 0.601. The fraction of sp³-hybridized carbons (Fsp3) is 0.500. The van der Waals surface area contributed by atoms with Crippen LogP contribution in [0.15, 0.2) is 21.6 Å². The van der Waals surface area contributed by atoms with E-state index in [9.17, 15) is 4.21 Å². The van der Waals surface area contributed by atoms with Gasteiger partial charge in [-0.2, -0.15) is 0 Å². The predicted molar refractivity (Wildman–Crippen MR) is 45.0 cm³/mol. The maximum Gasteiger partial charge on any atom is 0.190 e. The molecular weight excluding hydrogens is 160 g/mol. The summed E-state index contributed by atoms with van der Waals surface area (Å²) in [5.74, 6) is 1.51. The molecule has 0 saturated carbocycles. The topological polar surface area (TPSA) is 30.2 Å². The lowest BCUT2D eigenvalue weighted by Gasteiger charge is -1.92. The zero-order valence-electron chi connectivity index (χ0n) is 6.79. The van der Waals surface area contributed by atoms with E-state index in [0.29, 0.717) is 10.8 Å². The Hall–Kier alpha value is -0.570. The van der Waals surface area contributed by atoms with E-state index in [2.05, 4.69) is 0 Å². The fourth-order valence-corrected chi connectivity index (χ4v) is 1.84. The van der Waals surface area contributed by atoms with E-state index in [1.165, 1.54) is 0 Å². The first-order valence-corrected chi connectivity index (χ1v) is 5.00. The molecule has 0 N–H and O–H groups in total. The molecule has 0 amide bonds. The van der Waals surface area contributed by atoms with Crippen molar-refractivity contribution in [2.24, 2.45) is 0 Å². The van der Waals surface area contributed by atoms with Gasteiger partial charge >= 0.3 is 0 Å². The molecule has 1 atom stereocenters. The summed E-state index contributed by atoms with van der Waals surface area (Å²) in [6.45, 7) is 3.86. The fourth-order valence-electron chi connectivity index (χ4n) is 0.820. The molecule has 0 aliphatic rings. The van der Waals surface area contributed by atoms with Crippen molar-refractivity contribution in [3.63, 3.8) is 0 Å². The Balaban J connectivity index is 2.69. The van der Waals surface area contributed by atoms with Crippen molar-refractivity contribution >= 4 is 10.8 Å². The molecule has 1 unspecified atom stereocenters. The summed E-state index contributed by atoms with van der Waals surface area (Å²) >= 11 is 0. The van der Waals surface area contributed by atoms with Gasteiger partial charge in [0, 0.05) is 5.75 Å². The molecule has 1 aromatic rings. The molecule has 11 heavy (non-hydrogen) atoms. The molecule has 0 bridgehead atoms. The molecule has 62 valence electrons. The normalized spacial score (nSPS) is 13.3. The van der Waals surface area contributed by atoms with Crippen LogP contribution in [0.3, 0.4) is 0 Å². The lowest BCUT2D eigenvalue weighted by atomic mass is 10.5. The highest BCUT2D eigenvalue weighted by atomic mass is 32.2. The number of rotatable bonds is 3. The van der Waals surface area contributed by atoms with Crippen LogP contribution in [0.5, 0.6) is 0 Å². The average molecular weight is 172 g/mol. The van der Waals surface area contributed by atoms with Gasteiger partial charge in [-0.05, 0) is 25.5 Å². The Morgan fingerprint density at radius 1 is 1.55 bits per heavy atom. The first-order chi connectivity index (χ1) is 5.24. The molecule has 2 nitrogen and oxygen atoms in total. The summed E-state index contributed by atoms with van der Waals surface area (Å²) in [6, 6.07) is 3.62. The van der Waals surface area contributed by atoms with E-state index in [4.69, 9.17) is 4.42 Å². The molecule has 1 aromatic heterocycles. The summed E-state index contributed by atoms with van der Waals surface area (Å²) in [4.78, 5) is 0. The highest BCUT2D eigenvalue weighted by Gasteiger charge is 2.05. The van der Waals surface area contributed by atoms with Gasteiger partial charge in [-0.1, -0.05) is 6.92 Å². The molecule has 0 radical (unpaired) electrons. The van der Waals surface area contributed by atoms with Crippen LogP contribution < -0.4 is 0 Å². The SMILES string of the molecule is CCCS(=O)c1ccc(C)o1. The van der Waals surface area contributed by atoms with Crippen molar-refractivity contribution < 1.29 is 8.63 Å². The van der Waals surface area contributed by atoms with Gasteiger partial charge in [-0.3, -0.25) is 4.21 Å².